The summed E-state index contributed by atoms with van der Waals surface area (Å²) in [6.45, 7) is 7.01. The van der Waals surface area contributed by atoms with E-state index in [1.54, 1.807) is 5.56 Å². The van der Waals surface area contributed by atoms with Gasteiger partial charge < -0.3 is 5.32 Å². The lowest BCUT2D eigenvalue weighted by Crippen LogP contribution is -2.32. The molecule has 1 N–H and O–H groups in total. The summed E-state index contributed by atoms with van der Waals surface area (Å²) in [4.78, 5) is 2.60. The van der Waals surface area contributed by atoms with Gasteiger partial charge in [0.05, 0.1) is 0 Å². The Balaban J connectivity index is 1.98. The standard InChI is InChI=1S/C15H24N2/c1-13(10-16-2)11-17-9-5-8-14-6-3-4-7-15(14)12-17/h3-4,6-7,13,16H,5,8-12H2,1-2H3. The zero-order valence-electron chi connectivity index (χ0n) is 11.1. The van der Waals surface area contributed by atoms with Gasteiger partial charge in [-0.2, -0.15) is 0 Å². The monoisotopic (exact) mass is 232 g/mol. The summed E-state index contributed by atoms with van der Waals surface area (Å²) in [5.41, 5.74) is 3.08. The molecule has 2 rings (SSSR count). The number of nitrogens with one attached hydrogen (secondary N) is 1. The molecule has 0 saturated heterocycles. The van der Waals surface area contributed by atoms with Crippen LogP contribution in [-0.2, 0) is 13.0 Å². The van der Waals surface area contributed by atoms with E-state index < -0.39 is 0 Å². The Morgan fingerprint density at radius 2 is 2.06 bits per heavy atom. The summed E-state index contributed by atoms with van der Waals surface area (Å²) < 4.78 is 0. The van der Waals surface area contributed by atoms with Crippen molar-refractivity contribution in [3.8, 4) is 0 Å². The molecule has 0 radical (unpaired) electrons. The van der Waals surface area contributed by atoms with E-state index >= 15 is 0 Å². The molecule has 1 atom stereocenters. The summed E-state index contributed by atoms with van der Waals surface area (Å²) in [5.74, 6) is 0.727. The number of aryl methyl sites for hydroxylation is 1. The van der Waals surface area contributed by atoms with E-state index in [2.05, 4.69) is 41.4 Å². The van der Waals surface area contributed by atoms with Crippen LogP contribution in [0.2, 0.25) is 0 Å². The van der Waals surface area contributed by atoms with Gasteiger partial charge in [-0.05, 0) is 50.0 Å². The summed E-state index contributed by atoms with van der Waals surface area (Å²) in [5, 5.41) is 3.27. The zero-order chi connectivity index (χ0) is 12.1. The predicted molar refractivity (Wildman–Crippen MR) is 73.1 cm³/mol. The second kappa shape index (κ2) is 6.18. The molecule has 0 fully saturated rings. The molecule has 2 nitrogen and oxygen atoms in total. The maximum atomic E-state index is 3.27. The minimum absolute atomic E-state index is 0.727. The summed E-state index contributed by atoms with van der Waals surface area (Å²) in [7, 11) is 2.04. The second-order valence-corrected chi connectivity index (χ2v) is 5.27. The van der Waals surface area contributed by atoms with E-state index in [1.165, 1.54) is 31.5 Å². The number of nitrogens with zero attached hydrogens (tertiary/aromatic N) is 1. The van der Waals surface area contributed by atoms with Gasteiger partial charge in [-0.1, -0.05) is 31.2 Å². The van der Waals surface area contributed by atoms with Crippen LogP contribution in [0.4, 0.5) is 0 Å². The van der Waals surface area contributed by atoms with Crippen LogP contribution in [-0.4, -0.2) is 31.6 Å². The molecule has 0 spiro atoms. The van der Waals surface area contributed by atoms with Crippen molar-refractivity contribution in [3.63, 3.8) is 0 Å². The molecule has 1 heterocycles. The van der Waals surface area contributed by atoms with Crippen LogP contribution >= 0.6 is 0 Å². The smallest absolute Gasteiger partial charge is 0.0236 e. The Morgan fingerprint density at radius 3 is 2.82 bits per heavy atom. The van der Waals surface area contributed by atoms with Gasteiger partial charge in [0.15, 0.2) is 0 Å². The molecule has 0 aliphatic carbocycles. The highest BCUT2D eigenvalue weighted by Crippen LogP contribution is 2.18. The van der Waals surface area contributed by atoms with Crippen molar-refractivity contribution in [1.82, 2.24) is 10.2 Å². The van der Waals surface area contributed by atoms with Gasteiger partial charge in [-0.3, -0.25) is 4.90 Å². The molecule has 2 heteroatoms. The fraction of sp³-hybridized carbons (Fsp3) is 0.600. The van der Waals surface area contributed by atoms with E-state index in [9.17, 15) is 0 Å². The third-order valence-corrected chi connectivity index (χ3v) is 3.56. The summed E-state index contributed by atoms with van der Waals surface area (Å²) in [6.07, 6.45) is 2.54. The molecule has 0 saturated carbocycles. The Morgan fingerprint density at radius 1 is 1.29 bits per heavy atom. The van der Waals surface area contributed by atoms with E-state index in [0.717, 1.165) is 19.0 Å². The Hall–Kier alpha value is -0.860. The van der Waals surface area contributed by atoms with Crippen molar-refractivity contribution in [3.05, 3.63) is 35.4 Å². The van der Waals surface area contributed by atoms with Crippen molar-refractivity contribution in [2.45, 2.75) is 26.3 Å². The number of fused-ring (bicyclic) bond motifs is 1. The van der Waals surface area contributed by atoms with Crippen LogP contribution in [0.15, 0.2) is 24.3 Å². The lowest BCUT2D eigenvalue weighted by atomic mass is 10.0. The lowest BCUT2D eigenvalue weighted by Gasteiger charge is -2.24. The lowest BCUT2D eigenvalue weighted by molar-refractivity contribution is 0.231. The topological polar surface area (TPSA) is 15.3 Å². The fourth-order valence-electron chi connectivity index (χ4n) is 2.78. The summed E-state index contributed by atoms with van der Waals surface area (Å²) >= 11 is 0. The van der Waals surface area contributed by atoms with Gasteiger partial charge in [0.2, 0.25) is 0 Å². The first-order chi connectivity index (χ1) is 8.29. The third-order valence-electron chi connectivity index (χ3n) is 3.56. The molecule has 1 aliphatic heterocycles. The van der Waals surface area contributed by atoms with Crippen molar-refractivity contribution in [2.24, 2.45) is 5.92 Å². The van der Waals surface area contributed by atoms with Crippen molar-refractivity contribution in [2.75, 3.05) is 26.7 Å². The van der Waals surface area contributed by atoms with Gasteiger partial charge in [0.1, 0.15) is 0 Å². The minimum atomic E-state index is 0.727. The highest BCUT2D eigenvalue weighted by Gasteiger charge is 2.15. The maximum Gasteiger partial charge on any atom is 0.0236 e. The van der Waals surface area contributed by atoms with Crippen LogP contribution < -0.4 is 5.32 Å². The normalized spacial score (nSPS) is 18.5. The SMILES string of the molecule is CNCC(C)CN1CCCc2ccccc2C1. The molecule has 17 heavy (non-hydrogen) atoms. The van der Waals surface area contributed by atoms with Gasteiger partial charge in [0.25, 0.3) is 0 Å². The Labute approximate surface area is 105 Å². The van der Waals surface area contributed by atoms with Gasteiger partial charge in [-0.25, -0.2) is 0 Å². The van der Waals surface area contributed by atoms with Crippen LogP contribution in [0.25, 0.3) is 0 Å². The predicted octanol–water partition coefficient (Wildman–Crippen LogP) is 2.29. The van der Waals surface area contributed by atoms with Crippen LogP contribution in [0, 0.1) is 5.92 Å². The number of hydrogen-bond acceptors (Lipinski definition) is 2. The summed E-state index contributed by atoms with van der Waals surface area (Å²) in [6, 6.07) is 8.91. The zero-order valence-corrected chi connectivity index (χ0v) is 11.1. The van der Waals surface area contributed by atoms with Gasteiger partial charge in [0, 0.05) is 13.1 Å². The third kappa shape index (κ3) is 3.55. The van der Waals surface area contributed by atoms with E-state index in [0.29, 0.717) is 0 Å². The van der Waals surface area contributed by atoms with Crippen molar-refractivity contribution in [1.29, 1.82) is 0 Å². The molecule has 1 aliphatic rings. The quantitative estimate of drug-likeness (QED) is 0.857. The second-order valence-electron chi connectivity index (χ2n) is 5.27. The first-order valence-electron chi connectivity index (χ1n) is 6.73. The molecular formula is C15H24N2. The molecule has 0 bridgehead atoms. The minimum Gasteiger partial charge on any atom is -0.319 e. The van der Waals surface area contributed by atoms with Crippen LogP contribution in [0.1, 0.15) is 24.5 Å². The van der Waals surface area contributed by atoms with Gasteiger partial charge in [-0.15, -0.1) is 0 Å². The number of benzene rings is 1. The molecule has 1 unspecified atom stereocenters. The number of rotatable bonds is 4. The Bertz CT molecular complexity index is 349. The van der Waals surface area contributed by atoms with E-state index in [-0.39, 0.29) is 0 Å². The maximum absolute atomic E-state index is 3.27. The molecule has 94 valence electrons. The molecule has 1 aromatic rings. The van der Waals surface area contributed by atoms with Crippen LogP contribution in [0.5, 0.6) is 0 Å². The molecule has 0 amide bonds. The molecule has 1 aromatic carbocycles. The first-order valence-corrected chi connectivity index (χ1v) is 6.73. The fourth-order valence-corrected chi connectivity index (χ4v) is 2.78. The molecular weight excluding hydrogens is 208 g/mol. The average Bonchev–Trinajstić information content (AvgIpc) is 2.50. The average molecular weight is 232 g/mol. The molecule has 0 aromatic heterocycles. The van der Waals surface area contributed by atoms with Crippen molar-refractivity contribution < 1.29 is 0 Å². The largest absolute Gasteiger partial charge is 0.319 e. The first kappa shape index (κ1) is 12.6. The Kier molecular flexibility index (Phi) is 4.57. The van der Waals surface area contributed by atoms with E-state index in [4.69, 9.17) is 0 Å². The van der Waals surface area contributed by atoms with Gasteiger partial charge >= 0.3 is 0 Å². The van der Waals surface area contributed by atoms with E-state index in [1.807, 2.05) is 7.05 Å². The highest BCUT2D eigenvalue weighted by molar-refractivity contribution is 5.27. The van der Waals surface area contributed by atoms with Crippen LogP contribution in [0.3, 0.4) is 0 Å². The van der Waals surface area contributed by atoms with Crippen molar-refractivity contribution >= 4 is 0 Å². The number of hydrogen-bond donors (Lipinski definition) is 1. The highest BCUT2D eigenvalue weighted by atomic mass is 15.1.